The van der Waals surface area contributed by atoms with Crippen molar-refractivity contribution in [2.75, 3.05) is 29.9 Å². The van der Waals surface area contributed by atoms with Crippen LogP contribution in [0.3, 0.4) is 0 Å². The maximum atomic E-state index is 13.4. The molecular weight excluding hydrogens is 480 g/mol. The number of piperidine rings is 1. The molecule has 1 saturated carbocycles. The summed E-state index contributed by atoms with van der Waals surface area (Å²) < 4.78 is 28.1. The Morgan fingerprint density at radius 3 is 2.33 bits per heavy atom. The van der Waals surface area contributed by atoms with Crippen molar-refractivity contribution in [3.63, 3.8) is 0 Å². The highest BCUT2D eigenvalue weighted by atomic mass is 32.2. The van der Waals surface area contributed by atoms with E-state index in [1.54, 1.807) is 39.0 Å². The van der Waals surface area contributed by atoms with E-state index < -0.39 is 33.7 Å². The largest absolute Gasteiger partial charge is 0.393 e. The van der Waals surface area contributed by atoms with Crippen LogP contribution < -0.4 is 14.9 Å². The van der Waals surface area contributed by atoms with Gasteiger partial charge in [-0.25, -0.2) is 18.1 Å². The van der Waals surface area contributed by atoms with Gasteiger partial charge in [-0.2, -0.15) is 0 Å². The number of nitrogens with zero attached hydrogens (tertiary/aromatic N) is 2. The highest BCUT2D eigenvalue weighted by Crippen LogP contribution is 2.54. The van der Waals surface area contributed by atoms with Crippen LogP contribution in [0.4, 0.5) is 11.5 Å². The van der Waals surface area contributed by atoms with Crippen LogP contribution in [0.1, 0.15) is 69.4 Å². The molecule has 4 rings (SSSR count). The minimum Gasteiger partial charge on any atom is -0.393 e. The summed E-state index contributed by atoms with van der Waals surface area (Å²) in [7, 11) is -3.77. The molecule has 2 aliphatic rings. The molecular formula is C26H36N4O5S. The van der Waals surface area contributed by atoms with E-state index >= 15 is 0 Å². The number of aliphatic hydroxyl groups is 2. The smallest absolute Gasteiger partial charge is 0.259 e. The SMILES string of the molecule is CC(C)(C)NS(=O)(=O)c1cccc(NC(=O)c2ccc([C@](C)(O)CO)nc2N2CCC3(CC2)CC3)c1. The maximum absolute atomic E-state index is 13.4. The number of hydrogen-bond acceptors (Lipinski definition) is 7. The van der Waals surface area contributed by atoms with Crippen LogP contribution in [0, 0.1) is 5.41 Å². The Balaban J connectivity index is 1.62. The second kappa shape index (κ2) is 9.41. The summed E-state index contributed by atoms with van der Waals surface area (Å²) in [5, 5.41) is 23.0. The predicted molar refractivity (Wildman–Crippen MR) is 138 cm³/mol. The Kier molecular flexibility index (Phi) is 6.93. The fraction of sp³-hybridized carbons (Fsp3) is 0.538. The number of pyridine rings is 1. The first-order chi connectivity index (χ1) is 16.7. The van der Waals surface area contributed by atoms with Crippen LogP contribution in [-0.4, -0.2) is 54.8 Å². The van der Waals surface area contributed by atoms with Gasteiger partial charge in [0, 0.05) is 24.3 Å². The molecule has 0 radical (unpaired) electrons. The van der Waals surface area contributed by atoms with E-state index in [2.05, 4.69) is 19.9 Å². The summed E-state index contributed by atoms with van der Waals surface area (Å²) in [4.78, 5) is 20.1. The van der Waals surface area contributed by atoms with Gasteiger partial charge in [-0.05, 0) is 89.1 Å². The zero-order valence-corrected chi connectivity index (χ0v) is 22.2. The third-order valence-electron chi connectivity index (χ3n) is 6.90. The summed E-state index contributed by atoms with van der Waals surface area (Å²) in [5.74, 6) is 0.0186. The first-order valence-corrected chi connectivity index (χ1v) is 13.8. The molecule has 1 amide bonds. The minimum absolute atomic E-state index is 0.0497. The Morgan fingerprint density at radius 1 is 1.08 bits per heavy atom. The van der Waals surface area contributed by atoms with Crippen molar-refractivity contribution in [2.24, 2.45) is 5.41 Å². The van der Waals surface area contributed by atoms with Crippen LogP contribution in [0.2, 0.25) is 0 Å². The summed E-state index contributed by atoms with van der Waals surface area (Å²) >= 11 is 0. The number of aliphatic hydroxyl groups excluding tert-OH is 1. The van der Waals surface area contributed by atoms with E-state index in [0.717, 1.165) is 25.9 Å². The highest BCUT2D eigenvalue weighted by Gasteiger charge is 2.45. The molecule has 0 bridgehead atoms. The molecule has 9 nitrogen and oxygen atoms in total. The van der Waals surface area contributed by atoms with Crippen molar-refractivity contribution >= 4 is 27.4 Å². The zero-order valence-electron chi connectivity index (χ0n) is 21.3. The first-order valence-electron chi connectivity index (χ1n) is 12.3. The molecule has 196 valence electrons. The summed E-state index contributed by atoms with van der Waals surface area (Å²) in [6.45, 7) is 7.76. The van der Waals surface area contributed by atoms with Gasteiger partial charge >= 0.3 is 0 Å². The fourth-order valence-electron chi connectivity index (χ4n) is 4.52. The number of hydrogen-bond donors (Lipinski definition) is 4. The van der Waals surface area contributed by atoms with Gasteiger partial charge in [-0.3, -0.25) is 4.79 Å². The van der Waals surface area contributed by atoms with Gasteiger partial charge in [0.25, 0.3) is 5.91 Å². The summed E-state index contributed by atoms with van der Waals surface area (Å²) in [6.07, 6.45) is 4.53. The van der Waals surface area contributed by atoms with Gasteiger partial charge in [0.1, 0.15) is 11.4 Å². The molecule has 1 spiro atoms. The molecule has 1 aliphatic heterocycles. The van der Waals surface area contributed by atoms with Crippen LogP contribution >= 0.6 is 0 Å². The average Bonchev–Trinajstić information content (AvgIpc) is 3.56. The maximum Gasteiger partial charge on any atom is 0.259 e. The van der Waals surface area contributed by atoms with Gasteiger partial charge < -0.3 is 20.4 Å². The number of amides is 1. The van der Waals surface area contributed by atoms with Gasteiger partial charge in [0.15, 0.2) is 0 Å². The fourth-order valence-corrected chi connectivity index (χ4v) is 5.98. The van der Waals surface area contributed by atoms with Crippen molar-refractivity contribution in [3.05, 3.63) is 47.7 Å². The monoisotopic (exact) mass is 516 g/mol. The van der Waals surface area contributed by atoms with Crippen molar-refractivity contribution in [1.82, 2.24) is 9.71 Å². The van der Waals surface area contributed by atoms with Gasteiger partial charge in [0.05, 0.1) is 22.8 Å². The Morgan fingerprint density at radius 2 is 1.75 bits per heavy atom. The Bertz CT molecular complexity index is 1240. The number of carbonyl (C=O) groups excluding carboxylic acids is 1. The number of nitrogens with one attached hydrogen (secondary N) is 2. The van der Waals surface area contributed by atoms with Crippen molar-refractivity contribution in [1.29, 1.82) is 0 Å². The van der Waals surface area contributed by atoms with Crippen LogP contribution in [0.15, 0.2) is 41.3 Å². The highest BCUT2D eigenvalue weighted by molar-refractivity contribution is 7.89. The van der Waals surface area contributed by atoms with Crippen LogP contribution in [0.5, 0.6) is 0 Å². The second-order valence-corrected chi connectivity index (χ2v) is 13.0. The van der Waals surface area contributed by atoms with E-state index in [1.807, 2.05) is 0 Å². The first kappa shape index (κ1) is 26.5. The Labute approximate surface area is 213 Å². The zero-order chi connectivity index (χ0) is 26.4. The molecule has 2 heterocycles. The van der Waals surface area contributed by atoms with Crippen LogP contribution in [0.25, 0.3) is 0 Å². The van der Waals surface area contributed by atoms with Gasteiger partial charge in [-0.1, -0.05) is 6.07 Å². The lowest BCUT2D eigenvalue weighted by Gasteiger charge is -2.34. The van der Waals surface area contributed by atoms with E-state index in [1.165, 1.54) is 38.0 Å². The number of carbonyl (C=O) groups is 1. The second-order valence-electron chi connectivity index (χ2n) is 11.3. The lowest BCUT2D eigenvalue weighted by Crippen LogP contribution is -2.40. The summed E-state index contributed by atoms with van der Waals surface area (Å²) in [6, 6.07) is 9.23. The van der Waals surface area contributed by atoms with Gasteiger partial charge in [0.2, 0.25) is 10.0 Å². The Hall–Kier alpha value is -2.53. The third-order valence-corrected chi connectivity index (χ3v) is 8.66. The summed E-state index contributed by atoms with van der Waals surface area (Å²) in [5.41, 5.74) is -0.821. The molecule has 1 aromatic carbocycles. The van der Waals surface area contributed by atoms with E-state index in [0.29, 0.717) is 22.5 Å². The minimum atomic E-state index is -3.77. The van der Waals surface area contributed by atoms with Crippen LogP contribution in [-0.2, 0) is 15.6 Å². The molecule has 1 atom stereocenters. The van der Waals surface area contributed by atoms with E-state index in [9.17, 15) is 23.4 Å². The lowest BCUT2D eigenvalue weighted by molar-refractivity contribution is -0.00581. The molecule has 4 N–H and O–H groups in total. The van der Waals surface area contributed by atoms with Crippen molar-refractivity contribution in [3.8, 4) is 0 Å². The topological polar surface area (TPSA) is 132 Å². The number of rotatable bonds is 7. The standard InChI is InChI=1S/C26H36N4O5S/c1-24(2,3)29-36(34,35)19-7-5-6-18(16-19)27-23(32)20-8-9-21(25(4,33)17-31)28-22(20)30-14-12-26(10-11-26)13-15-30/h5-9,16,29,31,33H,10-15,17H2,1-4H3,(H,27,32)/t25-/m1/s1. The molecule has 10 heteroatoms. The molecule has 36 heavy (non-hydrogen) atoms. The molecule has 1 aromatic heterocycles. The van der Waals surface area contributed by atoms with Crippen molar-refractivity contribution < 1.29 is 23.4 Å². The predicted octanol–water partition coefficient (Wildman–Crippen LogP) is 2.99. The number of anilines is 2. The lowest BCUT2D eigenvalue weighted by atomic mass is 9.93. The molecule has 1 saturated heterocycles. The van der Waals surface area contributed by atoms with E-state index in [4.69, 9.17) is 0 Å². The average molecular weight is 517 g/mol. The number of aromatic nitrogens is 1. The number of benzene rings is 1. The molecule has 0 unspecified atom stereocenters. The van der Waals surface area contributed by atoms with Crippen molar-refractivity contribution in [2.45, 2.75) is 69.4 Å². The van der Waals surface area contributed by atoms with E-state index in [-0.39, 0.29) is 10.6 Å². The molecule has 2 aromatic rings. The molecule has 1 aliphatic carbocycles. The number of sulfonamides is 1. The molecule has 2 fully saturated rings. The normalized spacial score (nSPS) is 19.1. The third kappa shape index (κ3) is 5.88. The quantitative estimate of drug-likeness (QED) is 0.445. The van der Waals surface area contributed by atoms with Gasteiger partial charge in [-0.15, -0.1) is 0 Å².